The van der Waals surface area contributed by atoms with Crippen LogP contribution in [0.15, 0.2) is 35.5 Å². The number of anilines is 1. The Labute approximate surface area is 117 Å². The highest BCUT2D eigenvalue weighted by Gasteiger charge is 2.06. The topological polar surface area (TPSA) is 62.7 Å². The van der Waals surface area contributed by atoms with Crippen molar-refractivity contribution in [3.05, 3.63) is 52.7 Å². The van der Waals surface area contributed by atoms with Crippen LogP contribution in [0.1, 0.15) is 22.3 Å². The molecule has 0 aliphatic rings. The molecule has 96 valence electrons. The fourth-order valence-corrected chi connectivity index (χ4v) is 2.82. The van der Waals surface area contributed by atoms with Crippen LogP contribution in [-0.4, -0.2) is 4.98 Å². The van der Waals surface area contributed by atoms with Crippen LogP contribution in [0.5, 0.6) is 0 Å². The maximum atomic E-state index is 9.07. The summed E-state index contributed by atoms with van der Waals surface area (Å²) in [5, 5.41) is 9.80. The largest absolute Gasteiger partial charge is 0.397 e. The smallest absolute Gasteiger partial charge is 0.114 e. The molecular formula is C15H15N3S. The molecular weight excluding hydrogens is 254 g/mol. The van der Waals surface area contributed by atoms with Gasteiger partial charge in [-0.3, -0.25) is 0 Å². The van der Waals surface area contributed by atoms with E-state index >= 15 is 0 Å². The van der Waals surface area contributed by atoms with Gasteiger partial charge < -0.3 is 5.73 Å². The van der Waals surface area contributed by atoms with E-state index in [9.17, 15) is 0 Å². The monoisotopic (exact) mass is 269 g/mol. The van der Waals surface area contributed by atoms with E-state index in [1.54, 1.807) is 24.0 Å². The zero-order valence-electron chi connectivity index (χ0n) is 11.0. The minimum atomic E-state index is 0.521. The zero-order valence-corrected chi connectivity index (χ0v) is 11.8. The van der Waals surface area contributed by atoms with Gasteiger partial charge >= 0.3 is 0 Å². The maximum Gasteiger partial charge on any atom is 0.114 e. The molecule has 2 N–H and O–H groups in total. The molecule has 1 aromatic carbocycles. The fourth-order valence-electron chi connectivity index (χ4n) is 1.97. The molecule has 0 aliphatic carbocycles. The summed E-state index contributed by atoms with van der Waals surface area (Å²) in [5.41, 5.74) is 10.4. The summed E-state index contributed by atoms with van der Waals surface area (Å²) in [6.45, 7) is 4.17. The van der Waals surface area contributed by atoms with Gasteiger partial charge in [0.25, 0.3) is 0 Å². The molecule has 0 atom stereocenters. The van der Waals surface area contributed by atoms with Crippen LogP contribution in [-0.2, 0) is 5.75 Å². The predicted octanol–water partition coefficient (Wildman–Crippen LogP) is 3.44. The second-order valence-corrected chi connectivity index (χ2v) is 5.48. The molecule has 2 aromatic rings. The SMILES string of the molecule is Cc1cc(C)cc(CSc2ncc(N)cc2C#N)c1. The number of nitriles is 1. The Bertz CT molecular complexity index is 624. The summed E-state index contributed by atoms with van der Waals surface area (Å²) in [6, 6.07) is 10.3. The number of nitrogens with two attached hydrogens (primary N) is 1. The number of nitrogens with zero attached hydrogens (tertiary/aromatic N) is 2. The van der Waals surface area contributed by atoms with Gasteiger partial charge in [-0.25, -0.2) is 4.98 Å². The van der Waals surface area contributed by atoms with Gasteiger partial charge in [0, 0.05) is 5.75 Å². The molecule has 0 spiro atoms. The fraction of sp³-hybridized carbons (Fsp3) is 0.200. The first-order valence-corrected chi connectivity index (χ1v) is 6.92. The van der Waals surface area contributed by atoms with Gasteiger partial charge in [0.1, 0.15) is 11.1 Å². The lowest BCUT2D eigenvalue weighted by molar-refractivity contribution is 1.11. The van der Waals surface area contributed by atoms with E-state index in [1.165, 1.54) is 16.7 Å². The summed E-state index contributed by atoms with van der Waals surface area (Å²) in [6.07, 6.45) is 1.59. The molecule has 2 rings (SSSR count). The third-order valence-electron chi connectivity index (χ3n) is 2.65. The van der Waals surface area contributed by atoms with Gasteiger partial charge in [0.15, 0.2) is 0 Å². The first-order valence-electron chi connectivity index (χ1n) is 5.94. The van der Waals surface area contributed by atoms with Crippen molar-refractivity contribution in [1.82, 2.24) is 4.98 Å². The van der Waals surface area contributed by atoms with Gasteiger partial charge in [-0.05, 0) is 25.5 Å². The van der Waals surface area contributed by atoms with Crippen molar-refractivity contribution in [2.75, 3.05) is 5.73 Å². The lowest BCUT2D eigenvalue weighted by Crippen LogP contribution is -1.93. The third kappa shape index (κ3) is 3.49. The van der Waals surface area contributed by atoms with Gasteiger partial charge in [-0.2, -0.15) is 5.26 Å². The van der Waals surface area contributed by atoms with Gasteiger partial charge in [-0.1, -0.05) is 29.3 Å². The van der Waals surface area contributed by atoms with Gasteiger partial charge in [0.2, 0.25) is 0 Å². The number of benzene rings is 1. The van der Waals surface area contributed by atoms with Crippen molar-refractivity contribution in [2.45, 2.75) is 24.6 Å². The molecule has 0 aliphatic heterocycles. The van der Waals surface area contributed by atoms with E-state index in [0.29, 0.717) is 11.3 Å². The van der Waals surface area contributed by atoms with Crippen LogP contribution >= 0.6 is 11.8 Å². The predicted molar refractivity (Wildman–Crippen MR) is 78.8 cm³/mol. The number of aromatic nitrogens is 1. The standard InChI is InChI=1S/C15H15N3S/c1-10-3-11(2)5-12(4-10)9-19-15-13(7-16)6-14(17)8-18-15/h3-6,8H,9,17H2,1-2H3. The maximum absolute atomic E-state index is 9.07. The van der Waals surface area contributed by atoms with Crippen LogP contribution in [0.3, 0.4) is 0 Å². The lowest BCUT2D eigenvalue weighted by Gasteiger charge is -2.06. The molecule has 1 aromatic heterocycles. The van der Waals surface area contributed by atoms with Crippen LogP contribution < -0.4 is 5.73 Å². The highest BCUT2D eigenvalue weighted by molar-refractivity contribution is 7.98. The number of hydrogen-bond acceptors (Lipinski definition) is 4. The van der Waals surface area contributed by atoms with Crippen molar-refractivity contribution in [1.29, 1.82) is 5.26 Å². The molecule has 0 amide bonds. The molecule has 0 fully saturated rings. The minimum absolute atomic E-state index is 0.521. The van der Waals surface area contributed by atoms with E-state index in [-0.39, 0.29) is 0 Å². The Morgan fingerprint density at radius 1 is 1.21 bits per heavy atom. The van der Waals surface area contributed by atoms with Crippen molar-refractivity contribution >= 4 is 17.4 Å². The third-order valence-corrected chi connectivity index (χ3v) is 3.73. The Morgan fingerprint density at radius 2 is 1.89 bits per heavy atom. The van der Waals surface area contributed by atoms with Crippen LogP contribution in [0.2, 0.25) is 0 Å². The number of hydrogen-bond donors (Lipinski definition) is 1. The van der Waals surface area contributed by atoms with E-state index in [4.69, 9.17) is 11.0 Å². The van der Waals surface area contributed by atoms with Gasteiger partial charge in [0.05, 0.1) is 17.4 Å². The Balaban J connectivity index is 2.17. The first-order chi connectivity index (χ1) is 9.08. The van der Waals surface area contributed by atoms with E-state index in [0.717, 1.165) is 10.8 Å². The Hall–Kier alpha value is -1.99. The van der Waals surface area contributed by atoms with Crippen molar-refractivity contribution in [3.8, 4) is 6.07 Å². The van der Waals surface area contributed by atoms with Crippen molar-refractivity contribution < 1.29 is 0 Å². The van der Waals surface area contributed by atoms with Crippen LogP contribution in [0, 0.1) is 25.2 Å². The molecule has 0 saturated heterocycles. The summed E-state index contributed by atoms with van der Waals surface area (Å²) >= 11 is 1.56. The summed E-state index contributed by atoms with van der Waals surface area (Å²) in [5.74, 6) is 0.800. The molecule has 0 bridgehead atoms. The average molecular weight is 269 g/mol. The first kappa shape index (κ1) is 13.4. The van der Waals surface area contributed by atoms with Crippen LogP contribution in [0.25, 0.3) is 0 Å². The minimum Gasteiger partial charge on any atom is -0.397 e. The summed E-state index contributed by atoms with van der Waals surface area (Å²) in [7, 11) is 0. The highest BCUT2D eigenvalue weighted by atomic mass is 32.2. The molecule has 0 unspecified atom stereocenters. The molecule has 0 saturated carbocycles. The molecule has 4 heteroatoms. The van der Waals surface area contributed by atoms with Crippen LogP contribution in [0.4, 0.5) is 5.69 Å². The zero-order chi connectivity index (χ0) is 13.8. The second-order valence-electron chi connectivity index (χ2n) is 4.52. The number of rotatable bonds is 3. The van der Waals surface area contributed by atoms with E-state index in [1.807, 2.05) is 0 Å². The number of aryl methyl sites for hydroxylation is 2. The number of nitrogen functional groups attached to an aromatic ring is 1. The number of thioether (sulfide) groups is 1. The highest BCUT2D eigenvalue weighted by Crippen LogP contribution is 2.25. The molecule has 3 nitrogen and oxygen atoms in total. The molecule has 1 heterocycles. The normalized spacial score (nSPS) is 10.2. The summed E-state index contributed by atoms with van der Waals surface area (Å²) in [4.78, 5) is 4.22. The lowest BCUT2D eigenvalue weighted by atomic mass is 10.1. The van der Waals surface area contributed by atoms with Crippen molar-refractivity contribution in [3.63, 3.8) is 0 Å². The van der Waals surface area contributed by atoms with Gasteiger partial charge in [-0.15, -0.1) is 11.8 Å². The second kappa shape index (κ2) is 5.77. The summed E-state index contributed by atoms with van der Waals surface area (Å²) < 4.78 is 0. The average Bonchev–Trinajstić information content (AvgIpc) is 2.36. The quantitative estimate of drug-likeness (QED) is 0.867. The Morgan fingerprint density at radius 3 is 2.53 bits per heavy atom. The van der Waals surface area contributed by atoms with Crippen molar-refractivity contribution in [2.24, 2.45) is 0 Å². The number of pyridine rings is 1. The van der Waals surface area contributed by atoms with E-state index < -0.39 is 0 Å². The Kier molecular flexibility index (Phi) is 4.08. The van der Waals surface area contributed by atoms with E-state index in [2.05, 4.69) is 43.1 Å². The molecule has 0 radical (unpaired) electrons. The molecule has 19 heavy (non-hydrogen) atoms.